The maximum atomic E-state index is 5.38. The quantitative estimate of drug-likeness (QED) is 0.137. The van der Waals surface area contributed by atoms with Crippen LogP contribution in [0.4, 0.5) is 0 Å². The maximum absolute atomic E-state index is 5.38. The molecule has 0 spiro atoms. The van der Waals surface area contributed by atoms with Crippen LogP contribution >= 0.6 is 0 Å². The molecule has 118 heavy (non-hydrogen) atoms. The highest BCUT2D eigenvalue weighted by molar-refractivity contribution is 6.31. The van der Waals surface area contributed by atoms with Crippen molar-refractivity contribution in [3.63, 3.8) is 0 Å². The molecule has 0 bridgehead atoms. The van der Waals surface area contributed by atoms with Crippen LogP contribution < -0.4 is 0 Å². The molecule has 0 unspecified atom stereocenters. The average Bonchev–Trinajstić information content (AvgIpc) is 1.53. The summed E-state index contributed by atoms with van der Waals surface area (Å²) < 4.78 is 4.92. The third-order valence-corrected chi connectivity index (χ3v) is 24.0. The molecule has 548 valence electrons. The van der Waals surface area contributed by atoms with E-state index in [4.69, 9.17) is 19.9 Å². The lowest BCUT2D eigenvalue weighted by atomic mass is 9.94. The molecule has 0 fully saturated rings. The molecule has 24 aromatic rings. The second-order valence-corrected chi connectivity index (χ2v) is 30.6. The Morgan fingerprint density at radius 1 is 0.169 bits per heavy atom. The number of hydrogen-bond donors (Lipinski definition) is 0. The first kappa shape index (κ1) is 67.9. The molecular formula is C112H70N6. The van der Waals surface area contributed by atoms with Gasteiger partial charge in [-0.05, 0) is 170 Å². The third kappa shape index (κ3) is 11.4. The number of hydrogen-bond acceptors (Lipinski definition) is 4. The number of fused-ring (bicyclic) bond motifs is 18. The van der Waals surface area contributed by atoms with E-state index in [1.807, 2.05) is 0 Å². The number of para-hydroxylation sites is 2. The lowest BCUT2D eigenvalue weighted by Crippen LogP contribution is -1.99. The number of benzene rings is 20. The topological polar surface area (TPSA) is 61.4 Å². The van der Waals surface area contributed by atoms with E-state index < -0.39 is 0 Å². The van der Waals surface area contributed by atoms with Crippen molar-refractivity contribution in [1.82, 2.24) is 29.1 Å². The van der Waals surface area contributed by atoms with E-state index in [1.165, 1.54) is 131 Å². The van der Waals surface area contributed by atoms with E-state index in [2.05, 4.69) is 434 Å². The zero-order chi connectivity index (χ0) is 77.7. The van der Waals surface area contributed by atoms with E-state index in [9.17, 15) is 0 Å². The average molecular weight is 1500 g/mol. The molecule has 0 amide bonds. The van der Waals surface area contributed by atoms with E-state index in [0.717, 1.165) is 88.4 Å². The minimum absolute atomic E-state index is 0.708. The summed E-state index contributed by atoms with van der Waals surface area (Å²) in [5.41, 5.74) is 24.4. The molecule has 0 saturated carbocycles. The highest BCUT2D eigenvalue weighted by Crippen LogP contribution is 2.48. The summed E-state index contributed by atoms with van der Waals surface area (Å²) in [5, 5.41) is 21.7. The first-order chi connectivity index (χ1) is 58.5. The monoisotopic (exact) mass is 1500 g/mol. The molecule has 0 radical (unpaired) electrons. The fraction of sp³-hybridized carbons (Fsp3) is 0. The van der Waals surface area contributed by atoms with Gasteiger partial charge in [0.2, 0.25) is 0 Å². The summed E-state index contributed by atoms with van der Waals surface area (Å²) in [5.74, 6) is 1.42. The molecule has 6 heteroatoms. The number of nitrogens with zero attached hydrogens (tertiary/aromatic N) is 6. The van der Waals surface area contributed by atoms with Gasteiger partial charge in [0.05, 0.1) is 50.2 Å². The van der Waals surface area contributed by atoms with Crippen LogP contribution in [0.1, 0.15) is 0 Å². The lowest BCUT2D eigenvalue weighted by Gasteiger charge is -2.16. The van der Waals surface area contributed by atoms with Gasteiger partial charge in [0, 0.05) is 65.6 Å². The van der Waals surface area contributed by atoms with Crippen molar-refractivity contribution in [3.8, 4) is 101 Å². The first-order valence-corrected chi connectivity index (χ1v) is 40.3. The molecule has 4 heterocycles. The third-order valence-electron chi connectivity index (χ3n) is 24.0. The molecule has 0 aliphatic rings. The van der Waals surface area contributed by atoms with Crippen molar-refractivity contribution >= 4 is 130 Å². The van der Waals surface area contributed by atoms with E-state index in [1.54, 1.807) is 0 Å². The Labute approximate surface area is 680 Å². The van der Waals surface area contributed by atoms with E-state index in [-0.39, 0.29) is 0 Å². The van der Waals surface area contributed by atoms with Crippen LogP contribution in [0.3, 0.4) is 0 Å². The van der Waals surface area contributed by atoms with Gasteiger partial charge in [-0.15, -0.1) is 0 Å². The summed E-state index contributed by atoms with van der Waals surface area (Å²) in [7, 11) is 0. The standard InChI is InChI=1S/2C56H35N3/c1-3-15-36(16-4-1)37-27-29-40(30-28-37)55-47-25-13-14-26-49(47)57-56(58-55)46-32-34-50(44-23-11-9-21-42(44)46)59-51-33-31-39-19-7-8-20-41(39)53(51)54-45-24-12-10-22-43(45)48(35-52(54)59)38-17-5-2-6-18-38;1-2-12-36(13-3-1)41-16-10-17-42(34-41)37-24-26-40(27-25-37)55-49-21-8-9-23-50(49)57-56(58-55)48-22-11-18-43-35-44(30-31-45(43)48)59-51-32-28-38-14-4-6-19-46(38)53(51)54-47-20-7-5-15-39(47)29-33-52(54)59/h2*1-35H. The molecule has 20 aromatic carbocycles. The molecule has 0 atom stereocenters. The van der Waals surface area contributed by atoms with Crippen LogP contribution in [0.2, 0.25) is 0 Å². The van der Waals surface area contributed by atoms with Gasteiger partial charge in [-0.3, -0.25) is 0 Å². The highest BCUT2D eigenvalue weighted by atomic mass is 15.0. The Morgan fingerprint density at radius 2 is 0.542 bits per heavy atom. The molecule has 0 saturated heterocycles. The second kappa shape index (κ2) is 28.1. The predicted octanol–water partition coefficient (Wildman–Crippen LogP) is 29.7. The largest absolute Gasteiger partial charge is 0.309 e. The number of aromatic nitrogens is 6. The second-order valence-electron chi connectivity index (χ2n) is 30.6. The molecule has 0 aliphatic carbocycles. The fourth-order valence-corrected chi connectivity index (χ4v) is 18.5. The van der Waals surface area contributed by atoms with Gasteiger partial charge in [0.15, 0.2) is 11.6 Å². The van der Waals surface area contributed by atoms with Gasteiger partial charge in [0.1, 0.15) is 0 Å². The van der Waals surface area contributed by atoms with Crippen molar-refractivity contribution in [2.24, 2.45) is 0 Å². The number of rotatable bonds is 10. The van der Waals surface area contributed by atoms with Crippen molar-refractivity contribution < 1.29 is 0 Å². The Bertz CT molecular complexity index is 8060. The van der Waals surface area contributed by atoms with E-state index in [0.29, 0.717) is 11.6 Å². The van der Waals surface area contributed by atoms with Crippen LogP contribution in [0.25, 0.3) is 231 Å². The maximum Gasteiger partial charge on any atom is 0.161 e. The molecule has 6 nitrogen and oxygen atoms in total. The Kier molecular flexibility index (Phi) is 16.2. The molecule has 4 aromatic heterocycles. The van der Waals surface area contributed by atoms with Crippen molar-refractivity contribution in [2.75, 3.05) is 0 Å². The van der Waals surface area contributed by atoms with Gasteiger partial charge in [-0.25, -0.2) is 19.9 Å². The van der Waals surface area contributed by atoms with Gasteiger partial charge in [-0.1, -0.05) is 358 Å². The van der Waals surface area contributed by atoms with Crippen LogP contribution in [0.5, 0.6) is 0 Å². The Hall–Kier alpha value is -15.8. The van der Waals surface area contributed by atoms with Gasteiger partial charge >= 0.3 is 0 Å². The van der Waals surface area contributed by atoms with Crippen molar-refractivity contribution in [2.45, 2.75) is 0 Å². The predicted molar refractivity (Wildman–Crippen MR) is 496 cm³/mol. The van der Waals surface area contributed by atoms with Crippen LogP contribution in [-0.4, -0.2) is 29.1 Å². The van der Waals surface area contributed by atoms with Crippen LogP contribution in [-0.2, 0) is 0 Å². The van der Waals surface area contributed by atoms with Crippen molar-refractivity contribution in [3.05, 3.63) is 425 Å². The molecular weight excluding hydrogens is 1430 g/mol. The molecule has 0 aliphatic heterocycles. The summed E-state index contributed by atoms with van der Waals surface area (Å²) in [6, 6.07) is 152. The fourth-order valence-electron chi connectivity index (χ4n) is 18.5. The zero-order valence-corrected chi connectivity index (χ0v) is 64.1. The summed E-state index contributed by atoms with van der Waals surface area (Å²) in [4.78, 5) is 21.1. The molecule has 24 rings (SSSR count). The minimum Gasteiger partial charge on any atom is -0.309 e. The Morgan fingerprint density at radius 3 is 1.08 bits per heavy atom. The van der Waals surface area contributed by atoms with Gasteiger partial charge in [-0.2, -0.15) is 0 Å². The van der Waals surface area contributed by atoms with Crippen LogP contribution in [0.15, 0.2) is 425 Å². The smallest absolute Gasteiger partial charge is 0.161 e. The lowest BCUT2D eigenvalue weighted by molar-refractivity contribution is 1.19. The van der Waals surface area contributed by atoms with E-state index >= 15 is 0 Å². The first-order valence-electron chi connectivity index (χ1n) is 40.3. The zero-order valence-electron chi connectivity index (χ0n) is 64.1. The SMILES string of the molecule is c1ccc(-c2ccc(-c3nc(-c4ccc(-n5c6ccc7ccccc7c6c6c7ccccc7c(-c7ccccc7)cc65)c5ccccc45)nc4ccccc34)cc2)cc1.c1ccc(-c2cccc(-c3ccc(-c4nc(-c5cccc6cc(-n7c8ccc9ccccc9c8c8c9ccccc9ccc87)ccc56)nc5ccccc45)cc3)c2)cc1. The van der Waals surface area contributed by atoms with Crippen molar-refractivity contribution in [1.29, 1.82) is 0 Å². The summed E-state index contributed by atoms with van der Waals surface area (Å²) >= 11 is 0. The minimum atomic E-state index is 0.708. The van der Waals surface area contributed by atoms with Gasteiger partial charge in [0.25, 0.3) is 0 Å². The summed E-state index contributed by atoms with van der Waals surface area (Å²) in [6.45, 7) is 0. The highest BCUT2D eigenvalue weighted by Gasteiger charge is 2.25. The van der Waals surface area contributed by atoms with Crippen LogP contribution in [0, 0.1) is 0 Å². The Balaban J connectivity index is 0.000000138. The summed E-state index contributed by atoms with van der Waals surface area (Å²) in [6.07, 6.45) is 0. The molecule has 0 N–H and O–H groups in total. The normalized spacial score (nSPS) is 11.7. The van der Waals surface area contributed by atoms with Gasteiger partial charge < -0.3 is 9.13 Å².